The van der Waals surface area contributed by atoms with E-state index in [-0.39, 0.29) is 11.8 Å². The highest BCUT2D eigenvalue weighted by molar-refractivity contribution is 7.12. The number of rotatable bonds is 5. The Balaban J connectivity index is 1.59. The molecular weight excluding hydrogens is 328 g/mol. The zero-order valence-corrected chi connectivity index (χ0v) is 13.5. The van der Waals surface area contributed by atoms with E-state index in [1.807, 2.05) is 5.38 Å². The largest absolute Gasteiger partial charge is 0.423 e. The average Bonchev–Trinajstić information content (AvgIpc) is 3.29. The monoisotopic (exact) mass is 342 g/mol. The van der Waals surface area contributed by atoms with E-state index in [1.165, 1.54) is 17.7 Å². The minimum atomic E-state index is -0.657. The predicted molar refractivity (Wildman–Crippen MR) is 89.6 cm³/mol. The van der Waals surface area contributed by atoms with Crippen molar-refractivity contribution in [2.24, 2.45) is 0 Å². The third-order valence-corrected chi connectivity index (χ3v) is 4.11. The number of amides is 2. The van der Waals surface area contributed by atoms with Crippen LogP contribution in [0.1, 0.15) is 16.6 Å². The molecule has 2 amide bonds. The van der Waals surface area contributed by atoms with Gasteiger partial charge in [0.2, 0.25) is 18.2 Å². The molecular formula is C16H14N4O3S. The summed E-state index contributed by atoms with van der Waals surface area (Å²) in [4.78, 5) is 24.7. The number of anilines is 1. The highest BCUT2D eigenvalue weighted by Gasteiger charge is 2.17. The van der Waals surface area contributed by atoms with Gasteiger partial charge in [-0.05, 0) is 42.6 Å². The summed E-state index contributed by atoms with van der Waals surface area (Å²) in [7, 11) is 0. The zero-order chi connectivity index (χ0) is 16.9. The summed E-state index contributed by atoms with van der Waals surface area (Å²) in [5, 5.41) is 14.6. The Hall–Kier alpha value is -3.00. The van der Waals surface area contributed by atoms with Gasteiger partial charge in [0.05, 0.1) is 4.88 Å². The van der Waals surface area contributed by atoms with E-state index in [9.17, 15) is 9.59 Å². The Labute approximate surface area is 141 Å². The summed E-state index contributed by atoms with van der Waals surface area (Å²) >= 11 is 1.33. The first-order valence-electron chi connectivity index (χ1n) is 7.15. The van der Waals surface area contributed by atoms with Crippen LogP contribution in [-0.4, -0.2) is 28.1 Å². The van der Waals surface area contributed by atoms with Crippen molar-refractivity contribution in [3.63, 3.8) is 0 Å². The van der Waals surface area contributed by atoms with E-state index in [0.717, 1.165) is 5.56 Å². The average molecular weight is 342 g/mol. The number of hydrogen-bond acceptors (Lipinski definition) is 6. The van der Waals surface area contributed by atoms with Crippen LogP contribution < -0.4 is 10.6 Å². The number of carbonyl (C=O) groups excluding carboxylic acids is 2. The van der Waals surface area contributed by atoms with Crippen LogP contribution in [0.25, 0.3) is 11.5 Å². The van der Waals surface area contributed by atoms with E-state index >= 15 is 0 Å². The van der Waals surface area contributed by atoms with Gasteiger partial charge in [0.15, 0.2) is 0 Å². The Morgan fingerprint density at radius 2 is 2.00 bits per heavy atom. The number of carbonyl (C=O) groups is 2. The van der Waals surface area contributed by atoms with Crippen molar-refractivity contribution in [3.05, 3.63) is 53.0 Å². The molecule has 1 atom stereocenters. The quantitative estimate of drug-likeness (QED) is 0.743. The minimum Gasteiger partial charge on any atom is -0.423 e. The molecule has 0 aliphatic heterocycles. The van der Waals surface area contributed by atoms with E-state index in [1.54, 1.807) is 43.3 Å². The zero-order valence-electron chi connectivity index (χ0n) is 12.7. The van der Waals surface area contributed by atoms with Gasteiger partial charge in [-0.1, -0.05) is 6.07 Å². The Morgan fingerprint density at radius 3 is 2.62 bits per heavy atom. The Kier molecular flexibility index (Phi) is 4.66. The van der Waals surface area contributed by atoms with Crippen molar-refractivity contribution in [2.75, 3.05) is 5.32 Å². The van der Waals surface area contributed by atoms with Crippen molar-refractivity contribution >= 4 is 28.8 Å². The van der Waals surface area contributed by atoms with Gasteiger partial charge >= 0.3 is 0 Å². The Bertz CT molecular complexity index is 814. The predicted octanol–water partition coefficient (Wildman–Crippen LogP) is 2.56. The summed E-state index contributed by atoms with van der Waals surface area (Å²) in [6.45, 7) is 1.63. The van der Waals surface area contributed by atoms with Crippen LogP contribution in [0.3, 0.4) is 0 Å². The molecule has 3 aromatic rings. The van der Waals surface area contributed by atoms with Crippen LogP contribution in [0.5, 0.6) is 0 Å². The van der Waals surface area contributed by atoms with Crippen molar-refractivity contribution in [1.82, 2.24) is 15.5 Å². The summed E-state index contributed by atoms with van der Waals surface area (Å²) in [5.74, 6) is -0.158. The number of hydrogen-bond donors (Lipinski definition) is 2. The van der Waals surface area contributed by atoms with Crippen molar-refractivity contribution in [1.29, 1.82) is 0 Å². The molecule has 122 valence electrons. The second-order valence-electron chi connectivity index (χ2n) is 4.98. The molecule has 0 bridgehead atoms. The number of aromatic nitrogens is 2. The van der Waals surface area contributed by atoms with E-state index in [0.29, 0.717) is 16.5 Å². The van der Waals surface area contributed by atoms with E-state index < -0.39 is 6.04 Å². The fourth-order valence-electron chi connectivity index (χ4n) is 1.99. The fraction of sp³-hybridized carbons (Fsp3) is 0.125. The van der Waals surface area contributed by atoms with Crippen molar-refractivity contribution in [3.8, 4) is 11.5 Å². The number of nitrogens with zero attached hydrogens (tertiary/aromatic N) is 2. The highest BCUT2D eigenvalue weighted by Crippen LogP contribution is 2.19. The molecule has 0 radical (unpaired) electrons. The van der Waals surface area contributed by atoms with Crippen molar-refractivity contribution < 1.29 is 14.0 Å². The van der Waals surface area contributed by atoms with Gasteiger partial charge in [-0.2, -0.15) is 0 Å². The minimum absolute atomic E-state index is 0.264. The van der Waals surface area contributed by atoms with Gasteiger partial charge in [-0.3, -0.25) is 9.59 Å². The number of nitrogens with one attached hydrogen (secondary N) is 2. The standard InChI is InChI=1S/C16H14N4O3S/c1-10(18-15(22)13-3-2-8-24-13)14(21)19-12-6-4-11(5-7-12)16-20-17-9-23-16/h2-10H,1H3,(H,18,22)(H,19,21). The summed E-state index contributed by atoms with van der Waals surface area (Å²) in [5.41, 5.74) is 1.37. The van der Waals surface area contributed by atoms with Gasteiger partial charge in [0.25, 0.3) is 5.91 Å². The van der Waals surface area contributed by atoms with Crippen LogP contribution in [-0.2, 0) is 4.79 Å². The molecule has 2 aromatic heterocycles. The molecule has 3 rings (SSSR count). The molecule has 0 fully saturated rings. The van der Waals surface area contributed by atoms with Gasteiger partial charge in [-0.25, -0.2) is 0 Å². The molecule has 24 heavy (non-hydrogen) atoms. The fourth-order valence-corrected chi connectivity index (χ4v) is 2.61. The van der Waals surface area contributed by atoms with Crippen LogP contribution in [0.15, 0.2) is 52.6 Å². The first-order chi connectivity index (χ1) is 11.6. The third-order valence-electron chi connectivity index (χ3n) is 3.25. The van der Waals surface area contributed by atoms with E-state index in [4.69, 9.17) is 4.42 Å². The lowest BCUT2D eigenvalue weighted by atomic mass is 10.2. The molecule has 1 unspecified atom stereocenters. The van der Waals surface area contributed by atoms with Gasteiger partial charge < -0.3 is 15.1 Å². The van der Waals surface area contributed by atoms with Crippen LogP contribution in [0.4, 0.5) is 5.69 Å². The highest BCUT2D eigenvalue weighted by atomic mass is 32.1. The number of benzene rings is 1. The third kappa shape index (κ3) is 3.66. The Morgan fingerprint density at radius 1 is 1.21 bits per heavy atom. The van der Waals surface area contributed by atoms with Crippen LogP contribution in [0.2, 0.25) is 0 Å². The second kappa shape index (κ2) is 7.05. The first-order valence-corrected chi connectivity index (χ1v) is 8.03. The normalized spacial score (nSPS) is 11.7. The lowest BCUT2D eigenvalue weighted by Gasteiger charge is -2.13. The maximum absolute atomic E-state index is 12.2. The van der Waals surface area contributed by atoms with Gasteiger partial charge in [0.1, 0.15) is 6.04 Å². The molecule has 0 aliphatic rings. The summed E-state index contributed by atoms with van der Waals surface area (Å²) in [6, 6.07) is 9.82. The molecule has 7 nitrogen and oxygen atoms in total. The van der Waals surface area contributed by atoms with Gasteiger partial charge in [-0.15, -0.1) is 21.5 Å². The lowest BCUT2D eigenvalue weighted by Crippen LogP contribution is -2.41. The molecule has 2 N–H and O–H groups in total. The smallest absolute Gasteiger partial charge is 0.261 e. The maximum atomic E-state index is 12.2. The topological polar surface area (TPSA) is 97.1 Å². The van der Waals surface area contributed by atoms with Gasteiger partial charge in [0, 0.05) is 11.3 Å². The molecule has 0 spiro atoms. The molecule has 0 aliphatic carbocycles. The first kappa shape index (κ1) is 15.9. The molecule has 8 heteroatoms. The SMILES string of the molecule is CC(NC(=O)c1cccs1)C(=O)Nc1ccc(-c2nnco2)cc1. The molecule has 0 saturated heterocycles. The van der Waals surface area contributed by atoms with Crippen LogP contribution in [0, 0.1) is 0 Å². The molecule has 0 saturated carbocycles. The van der Waals surface area contributed by atoms with E-state index in [2.05, 4.69) is 20.8 Å². The summed E-state index contributed by atoms with van der Waals surface area (Å²) < 4.78 is 5.10. The lowest BCUT2D eigenvalue weighted by molar-refractivity contribution is -0.117. The second-order valence-corrected chi connectivity index (χ2v) is 5.93. The van der Waals surface area contributed by atoms with Crippen LogP contribution >= 0.6 is 11.3 Å². The summed E-state index contributed by atoms with van der Waals surface area (Å²) in [6.07, 6.45) is 1.25. The number of thiophene rings is 1. The maximum Gasteiger partial charge on any atom is 0.261 e. The van der Waals surface area contributed by atoms with Crippen molar-refractivity contribution in [2.45, 2.75) is 13.0 Å². The molecule has 2 heterocycles. The molecule has 1 aromatic carbocycles.